The SMILES string of the molecule is CCC(CC)CCCC(CC)CC.CCCCC(CCCC)CCCC. The number of hydrogen-bond acceptors (Lipinski definition) is 0. The summed E-state index contributed by atoms with van der Waals surface area (Å²) in [5.74, 6) is 3.03. The standard InChI is InChI=1S/2C13H28/c1-5-12(6-2)10-9-11-13(7-3)8-4;1-4-7-10-13(11-8-5-2)12-9-6-3/h12-13H,5-11H2,1-4H3;13H,4-12H2,1-3H3. The summed E-state index contributed by atoms with van der Waals surface area (Å²) >= 11 is 0. The molecule has 0 heteroatoms. The van der Waals surface area contributed by atoms with Crippen LogP contribution in [0.15, 0.2) is 0 Å². The maximum Gasteiger partial charge on any atom is -0.0414 e. The van der Waals surface area contributed by atoms with Crippen LogP contribution in [-0.4, -0.2) is 0 Å². The second-order valence-corrected chi connectivity index (χ2v) is 8.59. The molecule has 0 saturated heterocycles. The molecule has 0 aromatic carbocycles. The molecule has 0 nitrogen and oxygen atoms in total. The molecule has 0 unspecified atom stereocenters. The van der Waals surface area contributed by atoms with E-state index in [1.807, 2.05) is 0 Å². The highest BCUT2D eigenvalue weighted by Gasteiger charge is 2.07. The summed E-state index contributed by atoms with van der Waals surface area (Å²) in [6.45, 7) is 16.2. The van der Waals surface area contributed by atoms with Crippen molar-refractivity contribution in [2.24, 2.45) is 17.8 Å². The Labute approximate surface area is 169 Å². The summed E-state index contributed by atoms with van der Waals surface area (Å²) in [6, 6.07) is 0. The lowest BCUT2D eigenvalue weighted by molar-refractivity contribution is 0.380. The summed E-state index contributed by atoms with van der Waals surface area (Å²) in [6.07, 6.45) is 22.8. The van der Waals surface area contributed by atoms with Crippen LogP contribution in [-0.2, 0) is 0 Å². The first kappa shape index (κ1) is 28.2. The quantitative estimate of drug-likeness (QED) is 0.239. The van der Waals surface area contributed by atoms with Crippen LogP contribution in [0.4, 0.5) is 0 Å². The first-order valence-electron chi connectivity index (χ1n) is 12.6. The van der Waals surface area contributed by atoms with Crippen molar-refractivity contribution in [3.05, 3.63) is 0 Å². The van der Waals surface area contributed by atoms with Gasteiger partial charge in [-0.05, 0) is 17.8 Å². The molecule has 0 aromatic heterocycles. The molecule has 26 heavy (non-hydrogen) atoms. The van der Waals surface area contributed by atoms with E-state index < -0.39 is 0 Å². The Kier molecular flexibility index (Phi) is 25.0. The fourth-order valence-electron chi connectivity index (χ4n) is 4.00. The molecule has 0 rings (SSSR count). The average molecular weight is 369 g/mol. The monoisotopic (exact) mass is 368 g/mol. The minimum absolute atomic E-state index is 0.995. The highest BCUT2D eigenvalue weighted by molar-refractivity contribution is 4.60. The smallest absolute Gasteiger partial charge is 0.0414 e. The van der Waals surface area contributed by atoms with Crippen molar-refractivity contribution in [1.29, 1.82) is 0 Å². The minimum Gasteiger partial charge on any atom is -0.0654 e. The van der Waals surface area contributed by atoms with Crippen LogP contribution in [0, 0.1) is 17.8 Å². The van der Waals surface area contributed by atoms with Gasteiger partial charge in [-0.3, -0.25) is 0 Å². The van der Waals surface area contributed by atoms with Crippen LogP contribution in [0.2, 0.25) is 0 Å². The molecule has 0 aliphatic heterocycles. The zero-order valence-corrected chi connectivity index (χ0v) is 20.0. The first-order valence-corrected chi connectivity index (χ1v) is 12.6. The lowest BCUT2D eigenvalue weighted by Gasteiger charge is -2.15. The van der Waals surface area contributed by atoms with E-state index in [1.165, 1.54) is 103 Å². The van der Waals surface area contributed by atoms with Crippen molar-refractivity contribution >= 4 is 0 Å². The normalized spacial score (nSPS) is 11.3. The molecule has 0 N–H and O–H groups in total. The molecular weight excluding hydrogens is 312 g/mol. The molecular formula is C26H56. The van der Waals surface area contributed by atoms with Gasteiger partial charge in [0.25, 0.3) is 0 Å². The molecule has 0 aliphatic carbocycles. The largest absolute Gasteiger partial charge is 0.0654 e. The molecule has 0 aromatic rings. The van der Waals surface area contributed by atoms with Gasteiger partial charge in [-0.1, -0.05) is 151 Å². The second kappa shape index (κ2) is 23.0. The average Bonchev–Trinajstić information content (AvgIpc) is 2.68. The van der Waals surface area contributed by atoms with Crippen molar-refractivity contribution in [3.63, 3.8) is 0 Å². The molecule has 0 fully saturated rings. The highest BCUT2D eigenvalue weighted by atomic mass is 14.1. The fourth-order valence-corrected chi connectivity index (χ4v) is 4.00. The van der Waals surface area contributed by atoms with Crippen LogP contribution in [0.5, 0.6) is 0 Å². The van der Waals surface area contributed by atoms with Gasteiger partial charge in [0.05, 0.1) is 0 Å². The Morgan fingerprint density at radius 1 is 0.346 bits per heavy atom. The Hall–Kier alpha value is 0. The van der Waals surface area contributed by atoms with Crippen LogP contribution < -0.4 is 0 Å². The molecule has 0 radical (unpaired) electrons. The fraction of sp³-hybridized carbons (Fsp3) is 1.00. The zero-order chi connectivity index (χ0) is 20.0. The lowest BCUT2D eigenvalue weighted by atomic mass is 9.91. The minimum atomic E-state index is 0.995. The molecule has 0 amide bonds. The topological polar surface area (TPSA) is 0 Å². The van der Waals surface area contributed by atoms with Gasteiger partial charge >= 0.3 is 0 Å². The van der Waals surface area contributed by atoms with Gasteiger partial charge < -0.3 is 0 Å². The predicted octanol–water partition coefficient (Wildman–Crippen LogP) is 10.2. The third-order valence-electron chi connectivity index (χ3n) is 6.43. The summed E-state index contributed by atoms with van der Waals surface area (Å²) in [7, 11) is 0. The van der Waals surface area contributed by atoms with E-state index in [4.69, 9.17) is 0 Å². The second-order valence-electron chi connectivity index (χ2n) is 8.59. The maximum absolute atomic E-state index is 2.32. The third kappa shape index (κ3) is 18.8. The summed E-state index contributed by atoms with van der Waals surface area (Å²) < 4.78 is 0. The third-order valence-corrected chi connectivity index (χ3v) is 6.43. The number of rotatable bonds is 17. The summed E-state index contributed by atoms with van der Waals surface area (Å²) in [5.41, 5.74) is 0. The van der Waals surface area contributed by atoms with Crippen LogP contribution in [0.1, 0.15) is 151 Å². The van der Waals surface area contributed by atoms with Gasteiger partial charge in [-0.25, -0.2) is 0 Å². The molecule has 0 bridgehead atoms. The van der Waals surface area contributed by atoms with Crippen LogP contribution >= 0.6 is 0 Å². The van der Waals surface area contributed by atoms with Crippen molar-refractivity contribution < 1.29 is 0 Å². The first-order chi connectivity index (χ1) is 12.6. The van der Waals surface area contributed by atoms with E-state index in [0.717, 1.165) is 17.8 Å². The van der Waals surface area contributed by atoms with Gasteiger partial charge in [0.15, 0.2) is 0 Å². The molecule has 0 spiro atoms. The Balaban J connectivity index is 0. The lowest BCUT2D eigenvalue weighted by Crippen LogP contribution is -2.01. The Bertz CT molecular complexity index is 193. The predicted molar refractivity (Wildman–Crippen MR) is 124 cm³/mol. The number of unbranched alkanes of at least 4 members (excludes halogenated alkanes) is 3. The van der Waals surface area contributed by atoms with Crippen molar-refractivity contribution in [3.8, 4) is 0 Å². The molecule has 0 saturated carbocycles. The van der Waals surface area contributed by atoms with E-state index in [1.54, 1.807) is 0 Å². The van der Waals surface area contributed by atoms with E-state index >= 15 is 0 Å². The van der Waals surface area contributed by atoms with Gasteiger partial charge in [0.1, 0.15) is 0 Å². The number of hydrogen-bond donors (Lipinski definition) is 0. The molecule has 0 aliphatic rings. The zero-order valence-electron chi connectivity index (χ0n) is 20.0. The van der Waals surface area contributed by atoms with Gasteiger partial charge in [-0.2, -0.15) is 0 Å². The molecule has 0 atom stereocenters. The van der Waals surface area contributed by atoms with Gasteiger partial charge in [0, 0.05) is 0 Å². The van der Waals surface area contributed by atoms with E-state index in [9.17, 15) is 0 Å². The van der Waals surface area contributed by atoms with E-state index in [2.05, 4.69) is 48.5 Å². The summed E-state index contributed by atoms with van der Waals surface area (Å²) in [4.78, 5) is 0. The van der Waals surface area contributed by atoms with Gasteiger partial charge in [0.2, 0.25) is 0 Å². The maximum atomic E-state index is 2.32. The van der Waals surface area contributed by atoms with Crippen molar-refractivity contribution in [2.45, 2.75) is 151 Å². The molecule has 160 valence electrons. The van der Waals surface area contributed by atoms with E-state index in [-0.39, 0.29) is 0 Å². The van der Waals surface area contributed by atoms with Crippen molar-refractivity contribution in [1.82, 2.24) is 0 Å². The van der Waals surface area contributed by atoms with Gasteiger partial charge in [-0.15, -0.1) is 0 Å². The van der Waals surface area contributed by atoms with E-state index in [0.29, 0.717) is 0 Å². The van der Waals surface area contributed by atoms with Crippen LogP contribution in [0.3, 0.4) is 0 Å². The highest BCUT2D eigenvalue weighted by Crippen LogP contribution is 2.22. The van der Waals surface area contributed by atoms with Crippen LogP contribution in [0.25, 0.3) is 0 Å². The summed E-state index contributed by atoms with van der Waals surface area (Å²) in [5, 5.41) is 0. The Morgan fingerprint density at radius 3 is 0.846 bits per heavy atom. The van der Waals surface area contributed by atoms with Crippen molar-refractivity contribution in [2.75, 3.05) is 0 Å². The molecule has 0 heterocycles. The Morgan fingerprint density at radius 2 is 0.615 bits per heavy atom.